The number of aryl methyl sites for hydroxylation is 1. The Morgan fingerprint density at radius 1 is 0.943 bits per heavy atom. The molecule has 35 heavy (non-hydrogen) atoms. The van der Waals surface area contributed by atoms with E-state index in [9.17, 15) is 14.4 Å². The van der Waals surface area contributed by atoms with Crippen molar-refractivity contribution in [3.05, 3.63) is 29.8 Å². The van der Waals surface area contributed by atoms with Crippen molar-refractivity contribution in [3.63, 3.8) is 0 Å². The highest BCUT2D eigenvalue weighted by Crippen LogP contribution is 2.60. The molecule has 5 aliphatic rings. The molecule has 6 rings (SSSR count). The minimum absolute atomic E-state index is 0.0157. The van der Waals surface area contributed by atoms with E-state index in [2.05, 4.69) is 22.5 Å². The number of benzene rings is 1. The topological polar surface area (TPSA) is 81.8 Å². The number of hydrogen-bond acceptors (Lipinski definition) is 4. The molecule has 0 aromatic heterocycles. The second kappa shape index (κ2) is 10.3. The molecule has 1 aromatic rings. The van der Waals surface area contributed by atoms with Crippen molar-refractivity contribution in [3.8, 4) is 0 Å². The number of amides is 3. The van der Waals surface area contributed by atoms with Gasteiger partial charge in [-0.1, -0.05) is 25.1 Å². The molecule has 0 atom stereocenters. The van der Waals surface area contributed by atoms with Crippen LogP contribution in [0.15, 0.2) is 24.3 Å². The Balaban J connectivity index is 1.02. The summed E-state index contributed by atoms with van der Waals surface area (Å²) in [6.07, 6.45) is 8.36. The third-order valence-corrected chi connectivity index (χ3v) is 8.91. The van der Waals surface area contributed by atoms with Crippen LogP contribution < -0.4 is 10.6 Å². The molecule has 2 N–H and O–H groups in total. The van der Waals surface area contributed by atoms with Crippen molar-refractivity contribution in [2.24, 2.45) is 23.2 Å². The monoisotopic (exact) mass is 480 g/mol. The molecule has 4 bridgehead atoms. The number of rotatable bonds is 8. The smallest absolute Gasteiger partial charge is 0.238 e. The normalized spacial score (nSPS) is 29.7. The van der Waals surface area contributed by atoms with Gasteiger partial charge < -0.3 is 15.5 Å². The van der Waals surface area contributed by atoms with Crippen molar-refractivity contribution < 1.29 is 14.4 Å². The minimum Gasteiger partial charge on any atom is -0.355 e. The predicted molar refractivity (Wildman–Crippen MR) is 136 cm³/mol. The first kappa shape index (κ1) is 24.3. The number of carbonyl (C=O) groups is 3. The number of piperazine rings is 1. The van der Waals surface area contributed by atoms with Gasteiger partial charge in [0.25, 0.3) is 0 Å². The fourth-order valence-corrected chi connectivity index (χ4v) is 7.52. The van der Waals surface area contributed by atoms with Crippen molar-refractivity contribution in [1.82, 2.24) is 15.1 Å². The molecule has 190 valence electrons. The van der Waals surface area contributed by atoms with Crippen molar-refractivity contribution in [2.75, 3.05) is 44.6 Å². The number of nitrogens with one attached hydrogen (secondary N) is 2. The Labute approximate surface area is 209 Å². The highest BCUT2D eigenvalue weighted by Gasteiger charge is 2.54. The quantitative estimate of drug-likeness (QED) is 0.599. The Kier molecular flexibility index (Phi) is 7.14. The van der Waals surface area contributed by atoms with Crippen LogP contribution in [0.25, 0.3) is 0 Å². The first-order chi connectivity index (χ1) is 16.9. The summed E-state index contributed by atoms with van der Waals surface area (Å²) in [6, 6.07) is 7.89. The summed E-state index contributed by atoms with van der Waals surface area (Å²) in [7, 11) is 0. The van der Waals surface area contributed by atoms with Gasteiger partial charge in [-0.3, -0.25) is 19.3 Å². The van der Waals surface area contributed by atoms with Gasteiger partial charge in [-0.15, -0.1) is 0 Å². The van der Waals surface area contributed by atoms with E-state index in [1.165, 1.54) is 19.3 Å². The summed E-state index contributed by atoms with van der Waals surface area (Å²) in [5, 5.41) is 6.15. The Bertz CT molecular complexity index is 918. The van der Waals surface area contributed by atoms with E-state index in [4.69, 9.17) is 0 Å². The molecule has 7 nitrogen and oxygen atoms in total. The molecular formula is C28H40N4O3. The molecule has 4 aliphatic carbocycles. The molecule has 0 radical (unpaired) electrons. The molecule has 3 amide bonds. The van der Waals surface area contributed by atoms with Crippen LogP contribution in [0.3, 0.4) is 0 Å². The minimum atomic E-state index is -0.151. The fourth-order valence-electron chi connectivity index (χ4n) is 7.52. The lowest BCUT2D eigenvalue weighted by molar-refractivity contribution is -0.146. The fraction of sp³-hybridized carbons (Fsp3) is 0.679. The zero-order valence-corrected chi connectivity index (χ0v) is 21.1. The maximum absolute atomic E-state index is 13.1. The van der Waals surface area contributed by atoms with Crippen LogP contribution in [0.1, 0.15) is 57.4 Å². The van der Waals surface area contributed by atoms with Crippen LogP contribution in [0.5, 0.6) is 0 Å². The summed E-state index contributed by atoms with van der Waals surface area (Å²) in [6.45, 7) is 5.47. The molecule has 5 fully saturated rings. The number of carbonyl (C=O) groups excluding carboxylic acids is 3. The van der Waals surface area contributed by atoms with Crippen molar-refractivity contribution in [1.29, 1.82) is 0 Å². The number of nitrogens with zero attached hydrogens (tertiary/aromatic N) is 2. The number of hydrogen-bond donors (Lipinski definition) is 2. The van der Waals surface area contributed by atoms with Gasteiger partial charge in [-0.05, 0) is 74.3 Å². The van der Waals surface area contributed by atoms with Gasteiger partial charge in [0, 0.05) is 50.2 Å². The van der Waals surface area contributed by atoms with Gasteiger partial charge in [0.05, 0.1) is 6.54 Å². The maximum atomic E-state index is 13.1. The van der Waals surface area contributed by atoms with Crippen LogP contribution in [0.4, 0.5) is 5.69 Å². The molecule has 4 saturated carbocycles. The highest BCUT2D eigenvalue weighted by molar-refractivity contribution is 5.93. The lowest BCUT2D eigenvalue weighted by Gasteiger charge is -2.55. The predicted octanol–water partition coefficient (Wildman–Crippen LogP) is 3.05. The Morgan fingerprint density at radius 3 is 2.20 bits per heavy atom. The van der Waals surface area contributed by atoms with Crippen LogP contribution in [-0.2, 0) is 20.8 Å². The average Bonchev–Trinajstić information content (AvgIpc) is 2.84. The van der Waals surface area contributed by atoms with Gasteiger partial charge in [-0.25, -0.2) is 0 Å². The van der Waals surface area contributed by atoms with E-state index in [1.54, 1.807) is 0 Å². The molecule has 7 heteroatoms. The molecule has 1 heterocycles. The van der Waals surface area contributed by atoms with Crippen molar-refractivity contribution in [2.45, 2.75) is 58.3 Å². The average molecular weight is 481 g/mol. The van der Waals surface area contributed by atoms with E-state index in [1.807, 2.05) is 29.2 Å². The molecule has 1 saturated heterocycles. The van der Waals surface area contributed by atoms with Gasteiger partial charge in [-0.2, -0.15) is 0 Å². The largest absolute Gasteiger partial charge is 0.355 e. The summed E-state index contributed by atoms with van der Waals surface area (Å²) in [4.78, 5) is 42.3. The molecule has 1 aliphatic heterocycles. The summed E-state index contributed by atoms with van der Waals surface area (Å²) >= 11 is 0. The zero-order chi connectivity index (χ0) is 24.4. The molecular weight excluding hydrogens is 440 g/mol. The molecule has 1 aromatic carbocycles. The lowest BCUT2D eigenvalue weighted by atomic mass is 9.49. The van der Waals surface area contributed by atoms with Crippen LogP contribution in [-0.4, -0.2) is 66.8 Å². The summed E-state index contributed by atoms with van der Waals surface area (Å²) in [5.74, 6) is 2.51. The standard InChI is InChI=1S/C28H40N4O3/c1-2-23-5-3-4-6-24(23)30-25(33)19-31-9-11-32(12-10-31)26(34)7-8-29-27(35)28-16-20-13-21(17-28)15-22(14-20)18-28/h3-6,20-22H,2,7-19H2,1H3,(H,29,35)(H,30,33). The maximum Gasteiger partial charge on any atom is 0.238 e. The number of anilines is 1. The highest BCUT2D eigenvalue weighted by atomic mass is 16.2. The number of para-hydroxylation sites is 1. The van der Waals surface area contributed by atoms with Gasteiger partial charge >= 0.3 is 0 Å². The van der Waals surface area contributed by atoms with E-state index >= 15 is 0 Å². The first-order valence-corrected chi connectivity index (χ1v) is 13.6. The van der Waals surface area contributed by atoms with Gasteiger partial charge in [0.1, 0.15) is 0 Å². The third kappa shape index (κ3) is 5.40. The second-order valence-electron chi connectivity index (χ2n) is 11.4. The van der Waals surface area contributed by atoms with E-state index < -0.39 is 0 Å². The van der Waals surface area contributed by atoms with E-state index in [0.29, 0.717) is 45.7 Å². The van der Waals surface area contributed by atoms with Crippen LogP contribution in [0.2, 0.25) is 0 Å². The second-order valence-corrected chi connectivity index (χ2v) is 11.4. The first-order valence-electron chi connectivity index (χ1n) is 13.6. The van der Waals surface area contributed by atoms with Crippen LogP contribution >= 0.6 is 0 Å². The SMILES string of the molecule is CCc1ccccc1NC(=O)CN1CCN(C(=O)CCNC(=O)C23CC4CC(CC(C4)C2)C3)CC1. The lowest BCUT2D eigenvalue weighted by Crippen LogP contribution is -2.54. The van der Waals surface area contributed by atoms with Gasteiger partial charge in [0.2, 0.25) is 17.7 Å². The Morgan fingerprint density at radius 2 is 1.57 bits per heavy atom. The zero-order valence-electron chi connectivity index (χ0n) is 21.1. The van der Waals surface area contributed by atoms with Gasteiger partial charge in [0.15, 0.2) is 0 Å². The summed E-state index contributed by atoms with van der Waals surface area (Å²) in [5.41, 5.74) is 1.86. The van der Waals surface area contributed by atoms with Crippen LogP contribution in [0, 0.1) is 23.2 Å². The summed E-state index contributed by atoms with van der Waals surface area (Å²) < 4.78 is 0. The molecule has 0 spiro atoms. The third-order valence-electron chi connectivity index (χ3n) is 8.91. The van der Waals surface area contributed by atoms with Crippen molar-refractivity contribution >= 4 is 23.4 Å². The molecule has 0 unspecified atom stereocenters. The van der Waals surface area contributed by atoms with E-state index in [0.717, 1.165) is 54.7 Å². The Hall–Kier alpha value is -2.41. The van der Waals surface area contributed by atoms with E-state index in [-0.39, 0.29) is 23.1 Å².